The topological polar surface area (TPSA) is 65.0 Å². The van der Waals surface area contributed by atoms with E-state index in [0.717, 1.165) is 22.3 Å². The number of ketones is 1. The van der Waals surface area contributed by atoms with Crippen molar-refractivity contribution < 1.29 is 19.1 Å². The van der Waals surface area contributed by atoms with E-state index in [9.17, 15) is 9.59 Å². The van der Waals surface area contributed by atoms with E-state index in [-0.39, 0.29) is 24.0 Å². The molecule has 0 saturated carbocycles. The van der Waals surface area contributed by atoms with E-state index in [4.69, 9.17) is 9.47 Å². The number of ether oxygens (including phenoxy) is 2. The molecule has 1 heterocycles. The first-order chi connectivity index (χ1) is 17.2. The molecule has 0 atom stereocenters. The number of rotatable bonds is 7. The van der Waals surface area contributed by atoms with Gasteiger partial charge in [0.05, 0.1) is 0 Å². The summed E-state index contributed by atoms with van der Waals surface area (Å²) in [5, 5.41) is 0. The number of esters is 1. The van der Waals surface area contributed by atoms with Crippen LogP contribution in [0.1, 0.15) is 21.5 Å². The molecule has 170 valence electrons. The van der Waals surface area contributed by atoms with Crippen molar-refractivity contribution in [3.05, 3.63) is 132 Å². The lowest BCUT2D eigenvalue weighted by Crippen LogP contribution is -2.11. The SMILES string of the molecule is O=C1OC(c2ccc(-c3ccccc3)cc2)=N/C1=C\c1ccc(OCC(=O)c2ccccc2)cc1. The lowest BCUT2D eigenvalue weighted by Gasteiger charge is -2.06. The normalized spacial score (nSPS) is 13.9. The maximum Gasteiger partial charge on any atom is 0.363 e. The number of nitrogens with zero attached hydrogens (tertiary/aromatic N) is 1. The standard InChI is InChI=1S/C30H21NO4/c32-28(24-9-5-2-6-10-24)20-34-26-17-11-21(12-18-26)19-27-30(33)35-29(31-27)25-15-13-23(14-16-25)22-7-3-1-4-8-22/h1-19H,20H2/b27-19-. The minimum Gasteiger partial charge on any atom is -0.485 e. The molecule has 0 radical (unpaired) electrons. The van der Waals surface area contributed by atoms with Gasteiger partial charge in [0.1, 0.15) is 5.75 Å². The average Bonchev–Trinajstić information content (AvgIpc) is 3.29. The summed E-state index contributed by atoms with van der Waals surface area (Å²) in [4.78, 5) is 28.9. The zero-order valence-electron chi connectivity index (χ0n) is 18.8. The van der Waals surface area contributed by atoms with Crippen molar-refractivity contribution in [1.29, 1.82) is 0 Å². The van der Waals surface area contributed by atoms with Crippen LogP contribution in [0, 0.1) is 0 Å². The van der Waals surface area contributed by atoms with Crippen molar-refractivity contribution in [2.45, 2.75) is 0 Å². The summed E-state index contributed by atoms with van der Waals surface area (Å²) in [5.41, 5.74) is 4.51. The van der Waals surface area contributed by atoms with Crippen LogP contribution in [0.5, 0.6) is 5.75 Å². The highest BCUT2D eigenvalue weighted by Crippen LogP contribution is 2.23. The Balaban J connectivity index is 1.25. The van der Waals surface area contributed by atoms with Gasteiger partial charge in [-0.3, -0.25) is 4.79 Å². The second-order valence-electron chi connectivity index (χ2n) is 7.93. The smallest absolute Gasteiger partial charge is 0.363 e. The number of Topliss-reactive ketones (excluding diaryl/α,β-unsaturated/α-hetero) is 1. The van der Waals surface area contributed by atoms with Gasteiger partial charge in [-0.1, -0.05) is 84.9 Å². The fraction of sp³-hybridized carbons (Fsp3) is 0.0333. The lowest BCUT2D eigenvalue weighted by molar-refractivity contribution is -0.129. The molecule has 1 aliphatic rings. The summed E-state index contributed by atoms with van der Waals surface area (Å²) in [5.74, 6) is 0.249. The predicted octanol–water partition coefficient (Wildman–Crippen LogP) is 5.96. The Bertz CT molecular complexity index is 1410. The zero-order valence-corrected chi connectivity index (χ0v) is 18.8. The first-order valence-corrected chi connectivity index (χ1v) is 11.2. The van der Waals surface area contributed by atoms with Gasteiger partial charge in [0.25, 0.3) is 0 Å². The van der Waals surface area contributed by atoms with E-state index >= 15 is 0 Å². The molecule has 0 spiro atoms. The summed E-state index contributed by atoms with van der Waals surface area (Å²) >= 11 is 0. The number of carbonyl (C=O) groups is 2. The molecular weight excluding hydrogens is 438 g/mol. The molecule has 5 nitrogen and oxygen atoms in total. The molecule has 0 unspecified atom stereocenters. The first-order valence-electron chi connectivity index (χ1n) is 11.2. The molecule has 0 bridgehead atoms. The van der Waals surface area contributed by atoms with Crippen LogP contribution >= 0.6 is 0 Å². The third-order valence-corrected chi connectivity index (χ3v) is 5.51. The highest BCUT2D eigenvalue weighted by molar-refractivity contribution is 6.13. The van der Waals surface area contributed by atoms with Gasteiger partial charge >= 0.3 is 5.97 Å². The van der Waals surface area contributed by atoms with E-state index in [0.29, 0.717) is 11.3 Å². The molecule has 0 saturated heterocycles. The van der Waals surface area contributed by atoms with Crippen molar-refractivity contribution in [2.75, 3.05) is 6.61 Å². The molecule has 5 rings (SSSR count). The Labute approximate surface area is 203 Å². The quantitative estimate of drug-likeness (QED) is 0.194. The van der Waals surface area contributed by atoms with Crippen LogP contribution in [0.4, 0.5) is 0 Å². The van der Waals surface area contributed by atoms with Crippen LogP contribution in [0.25, 0.3) is 17.2 Å². The van der Waals surface area contributed by atoms with Crippen molar-refractivity contribution in [3.8, 4) is 16.9 Å². The van der Waals surface area contributed by atoms with Gasteiger partial charge in [-0.05, 0) is 47.0 Å². The molecule has 0 aliphatic carbocycles. The summed E-state index contributed by atoms with van der Waals surface area (Å²) in [7, 11) is 0. The van der Waals surface area contributed by atoms with Crippen LogP contribution in [0.3, 0.4) is 0 Å². The van der Waals surface area contributed by atoms with Crippen molar-refractivity contribution in [2.24, 2.45) is 4.99 Å². The number of hydrogen-bond acceptors (Lipinski definition) is 5. The molecule has 35 heavy (non-hydrogen) atoms. The third kappa shape index (κ3) is 5.25. The van der Waals surface area contributed by atoms with Crippen LogP contribution in [0.15, 0.2) is 120 Å². The van der Waals surface area contributed by atoms with Crippen LogP contribution in [-0.4, -0.2) is 24.3 Å². The third-order valence-electron chi connectivity index (χ3n) is 5.51. The summed E-state index contributed by atoms with van der Waals surface area (Å²) in [6.45, 7) is -0.0481. The molecule has 1 aliphatic heterocycles. The fourth-order valence-corrected chi connectivity index (χ4v) is 3.64. The molecular formula is C30H21NO4. The number of cyclic esters (lactones) is 1. The second kappa shape index (κ2) is 10.0. The maximum atomic E-state index is 12.4. The number of benzene rings is 4. The molecule has 5 heteroatoms. The van der Waals surface area contributed by atoms with Gasteiger partial charge in [-0.2, -0.15) is 0 Å². The van der Waals surface area contributed by atoms with E-state index in [1.807, 2.05) is 72.8 Å². The van der Waals surface area contributed by atoms with E-state index in [1.54, 1.807) is 42.5 Å². The molecule has 0 N–H and O–H groups in total. The minimum absolute atomic E-state index is 0.0481. The Hall–Kier alpha value is -4.77. The van der Waals surface area contributed by atoms with Crippen LogP contribution in [0.2, 0.25) is 0 Å². The van der Waals surface area contributed by atoms with E-state index in [1.165, 1.54) is 0 Å². The number of aliphatic imine (C=N–C) groups is 1. The van der Waals surface area contributed by atoms with Gasteiger partial charge in [0.2, 0.25) is 5.90 Å². The van der Waals surface area contributed by atoms with Gasteiger partial charge < -0.3 is 9.47 Å². The van der Waals surface area contributed by atoms with E-state index < -0.39 is 5.97 Å². The largest absolute Gasteiger partial charge is 0.485 e. The zero-order chi connectivity index (χ0) is 24.0. The molecule has 4 aromatic rings. The van der Waals surface area contributed by atoms with Gasteiger partial charge in [0, 0.05) is 11.1 Å². The second-order valence-corrected chi connectivity index (χ2v) is 7.93. The number of carbonyl (C=O) groups excluding carboxylic acids is 2. The highest BCUT2D eigenvalue weighted by atomic mass is 16.6. The molecule has 0 fully saturated rings. The summed E-state index contributed by atoms with van der Waals surface area (Å²) < 4.78 is 11.0. The Morgan fingerprint density at radius 3 is 2.03 bits per heavy atom. The summed E-state index contributed by atoms with van der Waals surface area (Å²) in [6, 6.07) is 33.9. The predicted molar refractivity (Wildman–Crippen MR) is 135 cm³/mol. The van der Waals surface area contributed by atoms with Gasteiger partial charge in [0.15, 0.2) is 18.1 Å². The van der Waals surface area contributed by atoms with Crippen molar-refractivity contribution >= 4 is 23.7 Å². The van der Waals surface area contributed by atoms with E-state index in [2.05, 4.69) is 4.99 Å². The molecule has 0 aromatic heterocycles. The highest BCUT2D eigenvalue weighted by Gasteiger charge is 2.24. The Morgan fingerprint density at radius 2 is 1.34 bits per heavy atom. The average molecular weight is 460 g/mol. The maximum absolute atomic E-state index is 12.4. The first kappa shape index (κ1) is 22.0. The Morgan fingerprint density at radius 1 is 0.743 bits per heavy atom. The van der Waals surface area contributed by atoms with Crippen LogP contribution in [-0.2, 0) is 9.53 Å². The monoisotopic (exact) mass is 459 g/mol. The number of hydrogen-bond donors (Lipinski definition) is 0. The van der Waals surface area contributed by atoms with Gasteiger partial charge in [-0.25, -0.2) is 9.79 Å². The lowest BCUT2D eigenvalue weighted by atomic mass is 10.0. The van der Waals surface area contributed by atoms with Crippen molar-refractivity contribution in [3.63, 3.8) is 0 Å². The van der Waals surface area contributed by atoms with Crippen LogP contribution < -0.4 is 4.74 Å². The fourth-order valence-electron chi connectivity index (χ4n) is 3.64. The van der Waals surface area contributed by atoms with Crippen molar-refractivity contribution in [1.82, 2.24) is 0 Å². The van der Waals surface area contributed by atoms with Gasteiger partial charge in [-0.15, -0.1) is 0 Å². The molecule has 4 aromatic carbocycles. The minimum atomic E-state index is -0.499. The molecule has 0 amide bonds. The Kier molecular flexibility index (Phi) is 6.31. The summed E-state index contributed by atoms with van der Waals surface area (Å²) in [6.07, 6.45) is 1.66.